The molecule has 0 saturated heterocycles. The van der Waals surface area contributed by atoms with E-state index in [9.17, 15) is 9.90 Å². The van der Waals surface area contributed by atoms with E-state index in [1.54, 1.807) is 0 Å². The molecule has 0 unspecified atom stereocenters. The summed E-state index contributed by atoms with van der Waals surface area (Å²) in [7, 11) is 0. The van der Waals surface area contributed by atoms with Crippen molar-refractivity contribution in [2.75, 3.05) is 0 Å². The van der Waals surface area contributed by atoms with Crippen molar-refractivity contribution < 1.29 is 9.90 Å². The van der Waals surface area contributed by atoms with Gasteiger partial charge in [0.2, 0.25) is 0 Å². The number of ketones is 1. The smallest absolute Gasteiger partial charge is 0.184 e. The van der Waals surface area contributed by atoms with Gasteiger partial charge in [-0.25, -0.2) is 0 Å². The second-order valence-electron chi connectivity index (χ2n) is 6.66. The summed E-state index contributed by atoms with van der Waals surface area (Å²) in [5.41, 5.74) is 3.63. The van der Waals surface area contributed by atoms with Crippen molar-refractivity contribution in [3.05, 3.63) is 50.1 Å². The Hall–Kier alpha value is -0.940. The summed E-state index contributed by atoms with van der Waals surface area (Å²) >= 11 is 2.28. The van der Waals surface area contributed by atoms with Gasteiger partial charge in [0.05, 0.1) is 6.10 Å². The molecule has 1 N–H and O–H groups in total. The highest BCUT2D eigenvalue weighted by Crippen LogP contribution is 2.50. The highest BCUT2D eigenvalue weighted by atomic mass is 127. The number of carbonyl (C=O) groups is 1. The van der Waals surface area contributed by atoms with Crippen molar-refractivity contribution in [3.8, 4) is 0 Å². The van der Waals surface area contributed by atoms with E-state index in [4.69, 9.17) is 0 Å². The summed E-state index contributed by atoms with van der Waals surface area (Å²) in [6.45, 7) is 4.04. The molecule has 1 aromatic carbocycles. The van der Waals surface area contributed by atoms with Crippen LogP contribution in [-0.2, 0) is 4.79 Å². The van der Waals surface area contributed by atoms with Gasteiger partial charge in [0.15, 0.2) is 5.78 Å². The molecule has 2 atom stereocenters. The number of allylic oxidation sites excluding steroid dienone is 2. The van der Waals surface area contributed by atoms with Crippen molar-refractivity contribution in [3.63, 3.8) is 0 Å². The quantitative estimate of drug-likeness (QED) is 0.548. The third-order valence-corrected chi connectivity index (χ3v) is 5.90. The second kappa shape index (κ2) is 5.93. The zero-order chi connectivity index (χ0) is 15.9. The maximum atomic E-state index is 12.7. The number of aliphatic hydroxyl groups is 1. The second-order valence-corrected chi connectivity index (χ2v) is 7.90. The Morgan fingerprint density at radius 2 is 2.00 bits per heavy atom. The summed E-state index contributed by atoms with van der Waals surface area (Å²) in [6.07, 6.45) is 5.05. The Bertz CT molecular complexity index is 669. The fraction of sp³-hybridized carbons (Fsp3) is 0.421. The molecule has 0 amide bonds. The minimum absolute atomic E-state index is 0.153. The van der Waals surface area contributed by atoms with Crippen LogP contribution >= 0.6 is 22.6 Å². The molecule has 3 rings (SSSR count). The molecule has 22 heavy (non-hydrogen) atoms. The highest BCUT2D eigenvalue weighted by molar-refractivity contribution is 14.1. The van der Waals surface area contributed by atoms with Crippen LogP contribution in [0.4, 0.5) is 0 Å². The molecule has 0 bridgehead atoms. The molecule has 0 spiro atoms. The molecule has 2 aliphatic rings. The summed E-state index contributed by atoms with van der Waals surface area (Å²) in [6, 6.07) is 8.17. The van der Waals surface area contributed by atoms with E-state index < -0.39 is 0 Å². The summed E-state index contributed by atoms with van der Waals surface area (Å²) in [5.74, 6) is 0.153. The number of hydrogen-bond donors (Lipinski definition) is 1. The molecule has 0 aromatic heterocycles. The third kappa shape index (κ3) is 2.69. The maximum Gasteiger partial charge on any atom is 0.184 e. The topological polar surface area (TPSA) is 37.3 Å². The number of Topliss-reactive ketones (excluding diaryl/α,β-unsaturated/α-hetero) is 1. The first kappa shape index (κ1) is 15.9. The van der Waals surface area contributed by atoms with Gasteiger partial charge in [-0.3, -0.25) is 4.79 Å². The van der Waals surface area contributed by atoms with Gasteiger partial charge in [0, 0.05) is 14.6 Å². The monoisotopic (exact) mass is 408 g/mol. The number of rotatable bonds is 1. The van der Waals surface area contributed by atoms with Crippen LogP contribution in [0.2, 0.25) is 0 Å². The molecule has 1 fully saturated rings. The fourth-order valence-corrected chi connectivity index (χ4v) is 4.21. The van der Waals surface area contributed by atoms with Crippen LogP contribution in [0.5, 0.6) is 0 Å². The van der Waals surface area contributed by atoms with E-state index in [2.05, 4.69) is 29.5 Å². The zero-order valence-electron chi connectivity index (χ0n) is 13.0. The van der Waals surface area contributed by atoms with Crippen LogP contribution in [0.15, 0.2) is 41.0 Å². The van der Waals surface area contributed by atoms with E-state index >= 15 is 0 Å². The van der Waals surface area contributed by atoms with Crippen LogP contribution in [-0.4, -0.2) is 17.0 Å². The van der Waals surface area contributed by atoms with Gasteiger partial charge < -0.3 is 5.11 Å². The number of fused-ring (bicyclic) bond motifs is 1. The van der Waals surface area contributed by atoms with Crippen molar-refractivity contribution in [1.82, 2.24) is 0 Å². The first-order valence-electron chi connectivity index (χ1n) is 7.81. The maximum absolute atomic E-state index is 12.7. The lowest BCUT2D eigenvalue weighted by Gasteiger charge is -2.45. The Kier molecular flexibility index (Phi) is 4.29. The van der Waals surface area contributed by atoms with Crippen LogP contribution in [0.1, 0.15) is 45.1 Å². The Morgan fingerprint density at radius 3 is 2.68 bits per heavy atom. The van der Waals surface area contributed by atoms with Crippen molar-refractivity contribution >= 4 is 34.5 Å². The molecule has 0 heterocycles. The molecular formula is C19H21IO2. The van der Waals surface area contributed by atoms with Gasteiger partial charge in [-0.15, -0.1) is 0 Å². The molecule has 2 aliphatic carbocycles. The van der Waals surface area contributed by atoms with E-state index in [1.807, 2.05) is 37.3 Å². The molecule has 2 nitrogen and oxygen atoms in total. The molecule has 1 saturated carbocycles. The Balaban J connectivity index is 2.03. The number of halogens is 1. The van der Waals surface area contributed by atoms with Gasteiger partial charge in [-0.1, -0.05) is 24.6 Å². The summed E-state index contributed by atoms with van der Waals surface area (Å²) in [4.78, 5) is 12.7. The van der Waals surface area contributed by atoms with Gasteiger partial charge in [-0.2, -0.15) is 0 Å². The highest BCUT2D eigenvalue weighted by Gasteiger charge is 2.45. The van der Waals surface area contributed by atoms with Gasteiger partial charge >= 0.3 is 0 Å². The van der Waals surface area contributed by atoms with Crippen LogP contribution in [0, 0.1) is 8.99 Å². The van der Waals surface area contributed by atoms with Crippen molar-refractivity contribution in [2.24, 2.45) is 5.41 Å². The van der Waals surface area contributed by atoms with E-state index in [0.717, 1.165) is 36.0 Å². The SMILES string of the molecule is CC1=C2CCC[C@H](O)[C@@]2(C)CC(=Cc2ccc(I)cc2)C1=O. The normalized spacial score (nSPS) is 30.6. The summed E-state index contributed by atoms with van der Waals surface area (Å²) < 4.78 is 1.18. The average Bonchev–Trinajstić information content (AvgIpc) is 2.49. The van der Waals surface area contributed by atoms with Crippen LogP contribution in [0.25, 0.3) is 6.08 Å². The fourth-order valence-electron chi connectivity index (χ4n) is 3.85. The average molecular weight is 408 g/mol. The number of aliphatic hydroxyl groups excluding tert-OH is 1. The first-order chi connectivity index (χ1) is 10.4. The van der Waals surface area contributed by atoms with Gasteiger partial charge in [0.25, 0.3) is 0 Å². The molecule has 0 aliphatic heterocycles. The van der Waals surface area contributed by atoms with Gasteiger partial charge in [0.1, 0.15) is 0 Å². The molecule has 0 radical (unpaired) electrons. The van der Waals surface area contributed by atoms with E-state index in [0.29, 0.717) is 6.42 Å². The van der Waals surface area contributed by atoms with Crippen molar-refractivity contribution in [1.29, 1.82) is 0 Å². The molecule has 1 aromatic rings. The number of hydrogen-bond acceptors (Lipinski definition) is 2. The number of carbonyl (C=O) groups excluding carboxylic acids is 1. The Morgan fingerprint density at radius 1 is 1.32 bits per heavy atom. The lowest BCUT2D eigenvalue weighted by atomic mass is 9.61. The van der Waals surface area contributed by atoms with E-state index in [-0.39, 0.29) is 17.3 Å². The van der Waals surface area contributed by atoms with Crippen LogP contribution in [0.3, 0.4) is 0 Å². The Labute approximate surface area is 145 Å². The predicted molar refractivity (Wildman–Crippen MR) is 97.4 cm³/mol. The molecule has 116 valence electrons. The van der Waals surface area contributed by atoms with E-state index in [1.165, 1.54) is 9.14 Å². The van der Waals surface area contributed by atoms with Gasteiger partial charge in [-0.05, 0) is 84.5 Å². The standard InChI is InChI=1S/C19H21IO2/c1-12-16-4-3-5-17(21)19(16,2)11-14(18(12)22)10-13-6-8-15(20)9-7-13/h6-10,17,21H,3-5,11H2,1-2H3/t17-,19-/m0/s1. The zero-order valence-corrected chi connectivity index (χ0v) is 15.2. The predicted octanol–water partition coefficient (Wildman–Crippen LogP) is 4.52. The lowest BCUT2D eigenvalue weighted by molar-refractivity contribution is -0.113. The summed E-state index contributed by atoms with van der Waals surface area (Å²) in [5, 5.41) is 10.5. The third-order valence-electron chi connectivity index (χ3n) is 5.18. The molecular weight excluding hydrogens is 387 g/mol. The number of benzene rings is 1. The first-order valence-corrected chi connectivity index (χ1v) is 8.89. The lowest BCUT2D eigenvalue weighted by Crippen LogP contribution is -2.42. The molecule has 3 heteroatoms. The van der Waals surface area contributed by atoms with Crippen LogP contribution < -0.4 is 0 Å². The minimum Gasteiger partial charge on any atom is -0.392 e. The van der Waals surface area contributed by atoms with Crippen molar-refractivity contribution in [2.45, 2.75) is 45.6 Å². The minimum atomic E-state index is -0.348. The largest absolute Gasteiger partial charge is 0.392 e.